The predicted octanol–water partition coefficient (Wildman–Crippen LogP) is 2.79. The lowest BCUT2D eigenvalue weighted by Gasteiger charge is -2.26. The van der Waals surface area contributed by atoms with E-state index in [-0.39, 0.29) is 19.3 Å². The van der Waals surface area contributed by atoms with Gasteiger partial charge in [0.05, 0.1) is 6.42 Å². The average molecular weight is 293 g/mol. The highest BCUT2D eigenvalue weighted by atomic mass is 19.3. The first-order valence-electron chi connectivity index (χ1n) is 6.58. The summed E-state index contributed by atoms with van der Waals surface area (Å²) in [6.45, 7) is 5.01. The number of carbonyl (C=O) groups excluding carboxylic acids is 1. The van der Waals surface area contributed by atoms with Crippen LogP contribution in [-0.2, 0) is 9.53 Å². The highest BCUT2D eigenvalue weighted by Gasteiger charge is 2.43. The predicted molar refractivity (Wildman–Crippen MR) is 67.7 cm³/mol. The first kappa shape index (κ1) is 16.7. The molecule has 0 radical (unpaired) electrons. The van der Waals surface area contributed by atoms with E-state index in [1.165, 1.54) is 0 Å². The standard InChI is InChI=1S/C13H21F2NO4/c1-12(2,3)20-11(19)16-9(6-10(17)18)8-4-5-13(14,15)7-8/h8-9H,4-7H2,1-3H3,(H,16,19)(H,17,18)/t8?,9-/m0/s1. The normalized spacial score (nSPS) is 23.1. The number of hydrogen-bond donors (Lipinski definition) is 2. The Kier molecular flexibility index (Phi) is 4.94. The van der Waals surface area contributed by atoms with Crippen LogP contribution in [0.1, 0.15) is 46.5 Å². The van der Waals surface area contributed by atoms with Gasteiger partial charge in [0.2, 0.25) is 5.92 Å². The van der Waals surface area contributed by atoms with Gasteiger partial charge < -0.3 is 15.2 Å². The summed E-state index contributed by atoms with van der Waals surface area (Å²) in [7, 11) is 0. The number of aliphatic carboxylic acids is 1. The van der Waals surface area contributed by atoms with Crippen LogP contribution in [0, 0.1) is 5.92 Å². The van der Waals surface area contributed by atoms with E-state index in [1.807, 2.05) is 0 Å². The molecule has 0 aromatic heterocycles. The number of alkyl halides is 2. The van der Waals surface area contributed by atoms with Gasteiger partial charge in [-0.15, -0.1) is 0 Å². The molecule has 7 heteroatoms. The highest BCUT2D eigenvalue weighted by Crippen LogP contribution is 2.41. The number of ether oxygens (including phenoxy) is 1. The fraction of sp³-hybridized carbons (Fsp3) is 0.846. The van der Waals surface area contributed by atoms with Gasteiger partial charge in [-0.2, -0.15) is 0 Å². The van der Waals surface area contributed by atoms with Gasteiger partial charge in [-0.25, -0.2) is 13.6 Å². The number of carboxylic acids is 1. The molecular weight excluding hydrogens is 272 g/mol. The van der Waals surface area contributed by atoms with Crippen molar-refractivity contribution in [1.29, 1.82) is 0 Å². The minimum Gasteiger partial charge on any atom is -0.481 e. The largest absolute Gasteiger partial charge is 0.481 e. The Morgan fingerprint density at radius 3 is 2.45 bits per heavy atom. The number of carboxylic acid groups (broad SMARTS) is 1. The Hall–Kier alpha value is -1.40. The molecule has 116 valence electrons. The molecule has 0 heterocycles. The number of rotatable bonds is 4. The van der Waals surface area contributed by atoms with Crippen LogP contribution in [-0.4, -0.2) is 34.7 Å². The molecule has 0 aromatic rings. The van der Waals surface area contributed by atoms with E-state index in [2.05, 4.69) is 5.32 Å². The molecule has 1 amide bonds. The number of hydrogen-bond acceptors (Lipinski definition) is 3. The summed E-state index contributed by atoms with van der Waals surface area (Å²) in [5.41, 5.74) is -0.725. The van der Waals surface area contributed by atoms with Crippen molar-refractivity contribution in [3.63, 3.8) is 0 Å². The molecule has 0 bridgehead atoms. The fourth-order valence-corrected chi connectivity index (χ4v) is 2.31. The zero-order chi connectivity index (χ0) is 15.6. The number of alkyl carbamates (subject to hydrolysis) is 1. The minimum atomic E-state index is -2.78. The quantitative estimate of drug-likeness (QED) is 0.835. The molecule has 0 spiro atoms. The maximum atomic E-state index is 13.2. The Morgan fingerprint density at radius 2 is 2.05 bits per heavy atom. The molecule has 1 saturated carbocycles. The van der Waals surface area contributed by atoms with Crippen molar-refractivity contribution in [2.45, 2.75) is 64.0 Å². The molecule has 0 aromatic carbocycles. The van der Waals surface area contributed by atoms with Gasteiger partial charge >= 0.3 is 12.1 Å². The Bertz CT molecular complexity index is 379. The molecule has 0 aliphatic heterocycles. The van der Waals surface area contributed by atoms with Crippen molar-refractivity contribution < 1.29 is 28.2 Å². The zero-order valence-electron chi connectivity index (χ0n) is 11.9. The Morgan fingerprint density at radius 1 is 1.45 bits per heavy atom. The van der Waals surface area contributed by atoms with Gasteiger partial charge in [0, 0.05) is 18.9 Å². The summed E-state index contributed by atoms with van der Waals surface area (Å²) in [6.07, 6.45) is -1.65. The van der Waals surface area contributed by atoms with Gasteiger partial charge in [-0.05, 0) is 33.1 Å². The molecule has 1 aliphatic carbocycles. The van der Waals surface area contributed by atoms with Crippen LogP contribution in [0.3, 0.4) is 0 Å². The van der Waals surface area contributed by atoms with E-state index in [4.69, 9.17) is 9.84 Å². The van der Waals surface area contributed by atoms with Crippen LogP contribution in [0.2, 0.25) is 0 Å². The van der Waals surface area contributed by atoms with Gasteiger partial charge in [0.1, 0.15) is 5.60 Å². The maximum absolute atomic E-state index is 13.2. The van der Waals surface area contributed by atoms with Crippen LogP contribution < -0.4 is 5.32 Å². The van der Waals surface area contributed by atoms with Crippen molar-refractivity contribution in [1.82, 2.24) is 5.32 Å². The topological polar surface area (TPSA) is 75.6 Å². The minimum absolute atomic E-state index is 0.195. The van der Waals surface area contributed by atoms with E-state index < -0.39 is 42.0 Å². The van der Waals surface area contributed by atoms with Gasteiger partial charge in [-0.1, -0.05) is 0 Å². The SMILES string of the molecule is CC(C)(C)OC(=O)N[C@@H](CC(=O)O)C1CCC(F)(F)C1. The smallest absolute Gasteiger partial charge is 0.407 e. The molecule has 1 fully saturated rings. The molecule has 1 rings (SSSR count). The third-order valence-corrected chi connectivity index (χ3v) is 3.11. The second-order valence-corrected chi connectivity index (χ2v) is 6.21. The van der Waals surface area contributed by atoms with Crippen molar-refractivity contribution in [3.8, 4) is 0 Å². The van der Waals surface area contributed by atoms with Crippen LogP contribution in [0.5, 0.6) is 0 Å². The van der Waals surface area contributed by atoms with Crippen molar-refractivity contribution in [2.24, 2.45) is 5.92 Å². The Balaban J connectivity index is 2.66. The second kappa shape index (κ2) is 5.93. The van der Waals surface area contributed by atoms with E-state index in [0.29, 0.717) is 0 Å². The van der Waals surface area contributed by atoms with Gasteiger partial charge in [0.25, 0.3) is 0 Å². The number of halogens is 2. The first-order valence-corrected chi connectivity index (χ1v) is 6.58. The summed E-state index contributed by atoms with van der Waals surface area (Å²) >= 11 is 0. The van der Waals surface area contributed by atoms with Gasteiger partial charge in [-0.3, -0.25) is 4.79 Å². The highest BCUT2D eigenvalue weighted by molar-refractivity contribution is 5.71. The molecule has 5 nitrogen and oxygen atoms in total. The van der Waals surface area contributed by atoms with E-state index in [0.717, 1.165) is 0 Å². The van der Waals surface area contributed by atoms with Crippen molar-refractivity contribution >= 4 is 12.1 Å². The monoisotopic (exact) mass is 293 g/mol. The summed E-state index contributed by atoms with van der Waals surface area (Å²) in [6, 6.07) is -0.837. The first-order chi connectivity index (χ1) is 8.98. The molecule has 2 atom stereocenters. The molecular formula is C13H21F2NO4. The summed E-state index contributed by atoms with van der Waals surface area (Å²) in [5.74, 6) is -4.47. The van der Waals surface area contributed by atoms with Crippen LogP contribution in [0.15, 0.2) is 0 Å². The third-order valence-electron chi connectivity index (χ3n) is 3.11. The lowest BCUT2D eigenvalue weighted by atomic mass is 9.95. The van der Waals surface area contributed by atoms with Crippen LogP contribution in [0.4, 0.5) is 13.6 Å². The number of carbonyl (C=O) groups is 2. The van der Waals surface area contributed by atoms with E-state index in [1.54, 1.807) is 20.8 Å². The number of nitrogens with one attached hydrogen (secondary N) is 1. The third kappa shape index (κ3) is 5.71. The zero-order valence-corrected chi connectivity index (χ0v) is 11.9. The van der Waals surface area contributed by atoms with E-state index in [9.17, 15) is 18.4 Å². The molecule has 20 heavy (non-hydrogen) atoms. The number of amides is 1. The maximum Gasteiger partial charge on any atom is 0.407 e. The average Bonchev–Trinajstić information content (AvgIpc) is 2.54. The molecule has 1 unspecified atom stereocenters. The lowest BCUT2D eigenvalue weighted by molar-refractivity contribution is -0.138. The molecule has 1 aliphatic rings. The summed E-state index contributed by atoms with van der Waals surface area (Å²) in [4.78, 5) is 22.5. The van der Waals surface area contributed by atoms with Crippen molar-refractivity contribution in [2.75, 3.05) is 0 Å². The van der Waals surface area contributed by atoms with Crippen LogP contribution >= 0.6 is 0 Å². The van der Waals surface area contributed by atoms with Crippen molar-refractivity contribution in [3.05, 3.63) is 0 Å². The second-order valence-electron chi connectivity index (χ2n) is 6.21. The summed E-state index contributed by atoms with van der Waals surface area (Å²) in [5, 5.41) is 11.2. The lowest BCUT2D eigenvalue weighted by Crippen LogP contribution is -2.44. The van der Waals surface area contributed by atoms with Crippen LogP contribution in [0.25, 0.3) is 0 Å². The molecule has 2 N–H and O–H groups in total. The summed E-state index contributed by atoms with van der Waals surface area (Å²) < 4.78 is 31.4. The fourth-order valence-electron chi connectivity index (χ4n) is 2.31. The van der Waals surface area contributed by atoms with Gasteiger partial charge in [0.15, 0.2) is 0 Å². The Labute approximate surface area is 116 Å². The van der Waals surface area contributed by atoms with E-state index >= 15 is 0 Å². The molecule has 0 saturated heterocycles.